The molecule has 1 heterocycles. The Morgan fingerprint density at radius 1 is 1.04 bits per heavy atom. The zero-order valence-corrected chi connectivity index (χ0v) is 14.6. The molecule has 25 heavy (non-hydrogen) atoms. The molecular weight excluding hydrogens is 359 g/mol. The van der Waals surface area contributed by atoms with Crippen LogP contribution in [0.1, 0.15) is 27.2 Å². The summed E-state index contributed by atoms with van der Waals surface area (Å²) in [5.41, 5.74) is 0. The molecule has 6 atom stereocenters. The second-order valence-electron chi connectivity index (χ2n) is 5.00. The second-order valence-corrected chi connectivity index (χ2v) is 5.66. The topological polar surface area (TPSA) is 137 Å². The molecule has 1 saturated heterocycles. The van der Waals surface area contributed by atoms with Crippen LogP contribution in [0.3, 0.4) is 0 Å². The number of ether oxygens (including phenoxy) is 4. The number of terminal acetylenes is 1. The average molecular weight is 376 g/mol. The van der Waals surface area contributed by atoms with Gasteiger partial charge in [0.2, 0.25) is 0 Å². The average Bonchev–Trinajstić information content (AvgIpc) is 2.45. The molecule has 1 rings (SSSR count). The minimum atomic E-state index is -3.39. The van der Waals surface area contributed by atoms with Gasteiger partial charge in [0.15, 0.2) is 18.3 Å². The van der Waals surface area contributed by atoms with Gasteiger partial charge in [-0.25, -0.2) is 0 Å². The van der Waals surface area contributed by atoms with E-state index in [1.54, 1.807) is 0 Å². The Balaban J connectivity index is 3.28. The van der Waals surface area contributed by atoms with E-state index in [1.165, 1.54) is 0 Å². The molecule has 0 aromatic carbocycles. The normalized spacial score (nSPS) is 29.1. The van der Waals surface area contributed by atoms with Gasteiger partial charge >= 0.3 is 26.2 Å². The van der Waals surface area contributed by atoms with Gasteiger partial charge in [0.05, 0.1) is 0 Å². The lowest BCUT2D eigenvalue weighted by molar-refractivity contribution is -0.294. The summed E-state index contributed by atoms with van der Waals surface area (Å²) < 4.78 is 36.1. The van der Waals surface area contributed by atoms with Crippen LogP contribution in [0.15, 0.2) is 0 Å². The molecule has 1 aliphatic rings. The summed E-state index contributed by atoms with van der Waals surface area (Å²) >= 11 is 0. The highest BCUT2D eigenvalue weighted by Gasteiger charge is 2.53. The first kappa shape index (κ1) is 21.0. The highest BCUT2D eigenvalue weighted by Crippen LogP contribution is 2.33. The molecule has 1 fully saturated rings. The zero-order valence-electron chi connectivity index (χ0n) is 13.7. The van der Waals surface area contributed by atoms with Crippen LogP contribution in [-0.4, -0.2) is 48.6 Å². The van der Waals surface area contributed by atoms with E-state index in [4.69, 9.17) is 25.4 Å². The Kier molecular flexibility index (Phi) is 7.93. The molecule has 0 N–H and O–H groups in total. The van der Waals surface area contributed by atoms with Gasteiger partial charge in [0.25, 0.3) is 6.29 Å². The molecule has 1 aliphatic heterocycles. The number of esters is 3. The molecule has 0 bridgehead atoms. The lowest BCUT2D eigenvalue weighted by atomic mass is 9.96. The van der Waals surface area contributed by atoms with Gasteiger partial charge in [-0.15, -0.1) is 16.9 Å². The Labute approximate surface area is 144 Å². The molecular formula is C14H17O10P. The van der Waals surface area contributed by atoms with Gasteiger partial charge in [-0.2, -0.15) is 0 Å². The fourth-order valence-corrected chi connectivity index (χ4v) is 2.64. The lowest BCUT2D eigenvalue weighted by Gasteiger charge is -2.42. The number of carbonyl (C=O) groups is 3. The molecule has 10 nitrogen and oxygen atoms in total. The summed E-state index contributed by atoms with van der Waals surface area (Å²) in [6.45, 7) is 3.23. The summed E-state index contributed by atoms with van der Waals surface area (Å²) in [5, 5.41) is 0. The van der Waals surface area contributed by atoms with E-state index in [0.717, 1.165) is 20.8 Å². The van der Waals surface area contributed by atoms with E-state index < -0.39 is 56.9 Å². The van der Waals surface area contributed by atoms with Crippen molar-refractivity contribution >= 4 is 26.2 Å². The third-order valence-corrected chi connectivity index (χ3v) is 3.39. The van der Waals surface area contributed by atoms with Gasteiger partial charge in [0.1, 0.15) is 6.10 Å². The first-order valence-corrected chi connectivity index (χ1v) is 8.17. The van der Waals surface area contributed by atoms with Crippen molar-refractivity contribution in [3.8, 4) is 12.3 Å². The molecule has 0 aromatic rings. The van der Waals surface area contributed by atoms with E-state index in [9.17, 15) is 23.8 Å². The molecule has 0 amide bonds. The van der Waals surface area contributed by atoms with Crippen molar-refractivity contribution in [3.63, 3.8) is 0 Å². The van der Waals surface area contributed by atoms with Crippen LogP contribution in [0, 0.1) is 12.3 Å². The smallest absolute Gasteiger partial charge is 0.491 e. The maximum absolute atomic E-state index is 11.4. The summed E-state index contributed by atoms with van der Waals surface area (Å²) in [7, 11) is -3.39. The van der Waals surface area contributed by atoms with E-state index in [-0.39, 0.29) is 6.42 Å². The van der Waals surface area contributed by atoms with Crippen molar-refractivity contribution in [2.75, 3.05) is 0 Å². The highest BCUT2D eigenvalue weighted by atomic mass is 31.1. The molecule has 11 heteroatoms. The maximum Gasteiger partial charge on any atom is 0.491 e. The largest absolute Gasteiger partial charge is 0.566 e. The summed E-state index contributed by atoms with van der Waals surface area (Å²) in [5.74, 6) is -0.0678. The fraction of sp³-hybridized carbons (Fsp3) is 0.643. The SMILES string of the molecule is C#CCC1O[C@H](O[P+](=O)[O-])C(OC(C)=O)C(OC(C)=O)[C@H]1OC(C)=O. The van der Waals surface area contributed by atoms with Crippen LogP contribution >= 0.6 is 8.25 Å². The monoisotopic (exact) mass is 376 g/mol. The van der Waals surface area contributed by atoms with Crippen molar-refractivity contribution in [2.24, 2.45) is 0 Å². The van der Waals surface area contributed by atoms with Crippen molar-refractivity contribution in [2.45, 2.75) is 57.9 Å². The van der Waals surface area contributed by atoms with Crippen LogP contribution in [0.5, 0.6) is 0 Å². The number of hydrogen-bond donors (Lipinski definition) is 0. The van der Waals surface area contributed by atoms with Gasteiger partial charge in [-0.1, -0.05) is 0 Å². The molecule has 0 saturated carbocycles. The van der Waals surface area contributed by atoms with Crippen molar-refractivity contribution < 1.29 is 47.3 Å². The lowest BCUT2D eigenvalue weighted by Crippen LogP contribution is -2.61. The van der Waals surface area contributed by atoms with Crippen molar-refractivity contribution in [3.05, 3.63) is 0 Å². The van der Waals surface area contributed by atoms with Gasteiger partial charge in [-0.3, -0.25) is 14.4 Å². The minimum absolute atomic E-state index is 0.113. The summed E-state index contributed by atoms with van der Waals surface area (Å²) in [6, 6.07) is 0. The predicted molar refractivity (Wildman–Crippen MR) is 77.5 cm³/mol. The molecule has 0 radical (unpaired) electrons. The molecule has 0 spiro atoms. The van der Waals surface area contributed by atoms with Crippen LogP contribution < -0.4 is 4.89 Å². The van der Waals surface area contributed by atoms with Crippen molar-refractivity contribution in [1.29, 1.82) is 0 Å². The quantitative estimate of drug-likeness (QED) is 0.260. The molecule has 4 unspecified atom stereocenters. The van der Waals surface area contributed by atoms with Crippen molar-refractivity contribution in [1.82, 2.24) is 0 Å². The predicted octanol–water partition coefficient (Wildman–Crippen LogP) is -0.436. The van der Waals surface area contributed by atoms with Gasteiger partial charge in [0, 0.05) is 27.2 Å². The standard InChI is InChI=1S/C14H17O10P/c1-5-6-10-11(20-7(2)15)12(21-8(3)16)13(22-9(4)17)14(23-10)24-25(18)19/h1,10-14H,6H2,2-4H3/t10?,11-,12?,13?,14+/m0/s1. The minimum Gasteiger partial charge on any atom is -0.566 e. The Hall–Kier alpha value is -2.05. The number of carbonyl (C=O) groups excluding carboxylic acids is 3. The number of rotatable bonds is 6. The third-order valence-electron chi connectivity index (χ3n) is 3.01. The van der Waals surface area contributed by atoms with Gasteiger partial charge in [-0.05, 0) is 4.57 Å². The Morgan fingerprint density at radius 3 is 1.96 bits per heavy atom. The summed E-state index contributed by atoms with van der Waals surface area (Å²) in [4.78, 5) is 45.1. The Bertz CT molecular complexity index is 583. The molecule has 0 aliphatic carbocycles. The second kappa shape index (κ2) is 9.44. The first-order valence-electron chi connectivity index (χ1n) is 7.07. The Morgan fingerprint density at radius 2 is 1.52 bits per heavy atom. The van der Waals surface area contributed by atoms with Gasteiger partial charge < -0.3 is 23.8 Å². The van der Waals surface area contributed by atoms with E-state index in [2.05, 4.69) is 10.4 Å². The van der Waals surface area contributed by atoms with Crippen LogP contribution in [0.2, 0.25) is 0 Å². The van der Waals surface area contributed by atoms with E-state index >= 15 is 0 Å². The third kappa shape index (κ3) is 6.40. The maximum atomic E-state index is 11.4. The highest BCUT2D eigenvalue weighted by molar-refractivity contribution is 7.30. The zero-order chi connectivity index (χ0) is 19.1. The number of hydrogen-bond acceptors (Lipinski definition) is 10. The van der Waals surface area contributed by atoms with Crippen LogP contribution in [0.25, 0.3) is 0 Å². The first-order chi connectivity index (χ1) is 11.6. The molecule has 0 aromatic heterocycles. The van der Waals surface area contributed by atoms with E-state index in [0.29, 0.717) is 0 Å². The van der Waals surface area contributed by atoms with Crippen LogP contribution in [-0.2, 0) is 42.4 Å². The fourth-order valence-electron chi connectivity index (χ4n) is 2.31. The summed E-state index contributed by atoms with van der Waals surface area (Å²) in [6.07, 6.45) is -1.65. The van der Waals surface area contributed by atoms with E-state index in [1.807, 2.05) is 0 Å². The molecule has 138 valence electrons. The van der Waals surface area contributed by atoms with Crippen LogP contribution in [0.4, 0.5) is 0 Å².